The van der Waals surface area contributed by atoms with Gasteiger partial charge in [0.05, 0.1) is 0 Å². The molecule has 0 spiro atoms. The molecule has 0 radical (unpaired) electrons. The van der Waals surface area contributed by atoms with Crippen LogP contribution in [-0.4, -0.2) is 23.1 Å². The van der Waals surface area contributed by atoms with Crippen LogP contribution in [0, 0.1) is 11.8 Å². The second-order valence-corrected chi connectivity index (χ2v) is 6.69. The van der Waals surface area contributed by atoms with Gasteiger partial charge in [0.1, 0.15) is 5.75 Å². The molecule has 1 fully saturated rings. The number of likely N-dealkylation sites (tertiary alicyclic amines) is 1. The van der Waals surface area contributed by atoms with Gasteiger partial charge in [-0.3, -0.25) is 4.90 Å². The summed E-state index contributed by atoms with van der Waals surface area (Å²) >= 11 is 0. The van der Waals surface area contributed by atoms with Crippen molar-refractivity contribution in [2.45, 2.75) is 45.6 Å². The number of hydrogen-bond donors (Lipinski definition) is 1. The van der Waals surface area contributed by atoms with Crippen LogP contribution >= 0.6 is 0 Å². The Morgan fingerprint density at radius 3 is 2.63 bits per heavy atom. The molecule has 19 heavy (non-hydrogen) atoms. The van der Waals surface area contributed by atoms with Crippen LogP contribution in [0.3, 0.4) is 0 Å². The largest absolute Gasteiger partial charge is 0.508 e. The van der Waals surface area contributed by atoms with E-state index in [9.17, 15) is 5.11 Å². The number of phenols is 1. The van der Waals surface area contributed by atoms with Crippen LogP contribution in [0.5, 0.6) is 5.75 Å². The van der Waals surface area contributed by atoms with Crippen molar-refractivity contribution in [2.24, 2.45) is 11.8 Å². The summed E-state index contributed by atoms with van der Waals surface area (Å²) in [4.78, 5) is 2.69. The van der Waals surface area contributed by atoms with E-state index in [0.717, 1.165) is 18.3 Å². The summed E-state index contributed by atoms with van der Waals surface area (Å²) in [5.74, 6) is 2.04. The second-order valence-electron chi connectivity index (χ2n) is 6.69. The highest BCUT2D eigenvalue weighted by molar-refractivity contribution is 5.38. The van der Waals surface area contributed by atoms with Crippen molar-refractivity contribution in [1.82, 2.24) is 4.90 Å². The van der Waals surface area contributed by atoms with E-state index in [0.29, 0.717) is 11.8 Å². The number of phenolic OH excluding ortho intramolecular Hbond substituents is 1. The molecular formula is C17H25NO. The average molecular weight is 259 g/mol. The number of aromatic hydroxyl groups is 1. The molecule has 1 aliphatic carbocycles. The smallest absolute Gasteiger partial charge is 0.115 e. The predicted octanol–water partition coefficient (Wildman–Crippen LogP) is 3.75. The maximum Gasteiger partial charge on any atom is 0.115 e. The fourth-order valence-corrected chi connectivity index (χ4v) is 4.12. The Kier molecular flexibility index (Phi) is 3.53. The lowest BCUT2D eigenvalue weighted by Gasteiger charge is -2.42. The lowest BCUT2D eigenvalue weighted by atomic mass is 9.83. The molecule has 1 aliphatic heterocycles. The van der Waals surface area contributed by atoms with Gasteiger partial charge in [-0.1, -0.05) is 19.9 Å². The van der Waals surface area contributed by atoms with Gasteiger partial charge < -0.3 is 5.11 Å². The van der Waals surface area contributed by atoms with E-state index in [4.69, 9.17) is 0 Å². The SMILES string of the molecule is CC1CC(C)CN(C2CCCc3cc(O)ccc32)C1. The van der Waals surface area contributed by atoms with Gasteiger partial charge in [0, 0.05) is 19.1 Å². The highest BCUT2D eigenvalue weighted by Crippen LogP contribution is 2.38. The van der Waals surface area contributed by atoms with Crippen molar-refractivity contribution in [3.8, 4) is 5.75 Å². The number of piperidine rings is 1. The molecule has 1 aromatic carbocycles. The zero-order valence-corrected chi connectivity index (χ0v) is 12.1. The normalized spacial score (nSPS) is 32.0. The van der Waals surface area contributed by atoms with Gasteiger partial charge in [0.2, 0.25) is 0 Å². The van der Waals surface area contributed by atoms with E-state index >= 15 is 0 Å². The maximum atomic E-state index is 9.66. The molecule has 0 bridgehead atoms. The summed E-state index contributed by atoms with van der Waals surface area (Å²) in [6.07, 6.45) is 5.02. The number of benzene rings is 1. The topological polar surface area (TPSA) is 23.5 Å². The molecule has 3 atom stereocenters. The first-order chi connectivity index (χ1) is 9.13. The summed E-state index contributed by atoms with van der Waals surface area (Å²) in [6.45, 7) is 7.22. The predicted molar refractivity (Wildman–Crippen MR) is 78.3 cm³/mol. The second kappa shape index (κ2) is 5.16. The molecule has 3 rings (SSSR count). The Bertz CT molecular complexity index is 447. The van der Waals surface area contributed by atoms with E-state index in [1.165, 1.54) is 43.5 Å². The van der Waals surface area contributed by atoms with E-state index in [-0.39, 0.29) is 0 Å². The summed E-state index contributed by atoms with van der Waals surface area (Å²) in [5.41, 5.74) is 2.83. The third kappa shape index (κ3) is 2.64. The first kappa shape index (κ1) is 13.0. The van der Waals surface area contributed by atoms with Crippen LogP contribution in [0.15, 0.2) is 18.2 Å². The minimum atomic E-state index is 0.416. The van der Waals surface area contributed by atoms with Crippen LogP contribution in [-0.2, 0) is 6.42 Å². The number of hydrogen-bond acceptors (Lipinski definition) is 2. The van der Waals surface area contributed by atoms with E-state index < -0.39 is 0 Å². The van der Waals surface area contributed by atoms with Crippen LogP contribution in [0.4, 0.5) is 0 Å². The maximum absolute atomic E-state index is 9.66. The third-order valence-electron chi connectivity index (χ3n) is 4.75. The molecule has 1 heterocycles. The zero-order chi connectivity index (χ0) is 13.4. The minimum Gasteiger partial charge on any atom is -0.508 e. The Hall–Kier alpha value is -1.02. The summed E-state index contributed by atoms with van der Waals surface area (Å²) in [6, 6.07) is 6.56. The molecule has 1 N–H and O–H groups in total. The number of fused-ring (bicyclic) bond motifs is 1. The van der Waals surface area contributed by atoms with Crippen molar-refractivity contribution in [1.29, 1.82) is 0 Å². The van der Waals surface area contributed by atoms with Gasteiger partial charge in [-0.05, 0) is 60.8 Å². The van der Waals surface area contributed by atoms with Crippen LogP contribution in [0.1, 0.15) is 50.3 Å². The van der Waals surface area contributed by atoms with Gasteiger partial charge in [-0.15, -0.1) is 0 Å². The Morgan fingerprint density at radius 1 is 1.16 bits per heavy atom. The van der Waals surface area contributed by atoms with Crippen molar-refractivity contribution >= 4 is 0 Å². The first-order valence-electron chi connectivity index (χ1n) is 7.69. The van der Waals surface area contributed by atoms with Crippen LogP contribution in [0.25, 0.3) is 0 Å². The van der Waals surface area contributed by atoms with Gasteiger partial charge >= 0.3 is 0 Å². The molecule has 3 unspecified atom stereocenters. The van der Waals surface area contributed by atoms with Crippen molar-refractivity contribution < 1.29 is 5.11 Å². The molecule has 104 valence electrons. The first-order valence-corrected chi connectivity index (χ1v) is 7.69. The lowest BCUT2D eigenvalue weighted by Crippen LogP contribution is -2.42. The minimum absolute atomic E-state index is 0.416. The summed E-state index contributed by atoms with van der Waals surface area (Å²) in [7, 11) is 0. The monoisotopic (exact) mass is 259 g/mol. The van der Waals surface area contributed by atoms with Crippen LogP contribution < -0.4 is 0 Å². The number of rotatable bonds is 1. The highest BCUT2D eigenvalue weighted by Gasteiger charge is 2.31. The van der Waals surface area contributed by atoms with Crippen molar-refractivity contribution in [2.75, 3.05) is 13.1 Å². The van der Waals surface area contributed by atoms with Crippen molar-refractivity contribution in [3.63, 3.8) is 0 Å². The van der Waals surface area contributed by atoms with Gasteiger partial charge in [0.25, 0.3) is 0 Å². The van der Waals surface area contributed by atoms with Crippen molar-refractivity contribution in [3.05, 3.63) is 29.3 Å². The molecule has 1 aromatic rings. The van der Waals surface area contributed by atoms with E-state index in [1.807, 2.05) is 12.1 Å². The Balaban J connectivity index is 1.86. The standard InChI is InChI=1S/C17H25NO/c1-12-8-13(2)11-18(10-12)17-5-3-4-14-9-15(19)6-7-16(14)17/h6-7,9,12-13,17,19H,3-5,8,10-11H2,1-2H3. The van der Waals surface area contributed by atoms with E-state index in [1.54, 1.807) is 0 Å². The Labute approximate surface area is 116 Å². The molecule has 0 aromatic heterocycles. The van der Waals surface area contributed by atoms with E-state index in [2.05, 4.69) is 24.8 Å². The van der Waals surface area contributed by atoms with Gasteiger partial charge in [-0.2, -0.15) is 0 Å². The van der Waals surface area contributed by atoms with Gasteiger partial charge in [0.15, 0.2) is 0 Å². The fraction of sp³-hybridized carbons (Fsp3) is 0.647. The lowest BCUT2D eigenvalue weighted by molar-refractivity contribution is 0.0861. The Morgan fingerprint density at radius 2 is 1.89 bits per heavy atom. The molecule has 2 nitrogen and oxygen atoms in total. The highest BCUT2D eigenvalue weighted by atomic mass is 16.3. The summed E-state index contributed by atoms with van der Waals surface area (Å²) < 4.78 is 0. The number of aryl methyl sites for hydroxylation is 1. The molecular weight excluding hydrogens is 234 g/mol. The molecule has 2 aliphatic rings. The molecule has 0 saturated carbocycles. The summed E-state index contributed by atoms with van der Waals surface area (Å²) in [5, 5.41) is 9.66. The van der Waals surface area contributed by atoms with Crippen LogP contribution in [0.2, 0.25) is 0 Å². The van der Waals surface area contributed by atoms with Gasteiger partial charge in [-0.25, -0.2) is 0 Å². The molecule has 2 heteroatoms. The average Bonchev–Trinajstić information content (AvgIpc) is 2.36. The third-order valence-corrected chi connectivity index (χ3v) is 4.75. The molecule has 0 amide bonds. The quantitative estimate of drug-likeness (QED) is 0.830. The zero-order valence-electron chi connectivity index (χ0n) is 12.1. The number of nitrogens with zero attached hydrogens (tertiary/aromatic N) is 1. The molecule has 1 saturated heterocycles. The fourth-order valence-electron chi connectivity index (χ4n) is 4.12.